The van der Waals surface area contributed by atoms with Crippen molar-refractivity contribution in [2.45, 2.75) is 19.8 Å². The van der Waals surface area contributed by atoms with Gasteiger partial charge in [0.15, 0.2) is 5.11 Å². The first-order valence-corrected chi connectivity index (χ1v) is 11.0. The zero-order valence-electron chi connectivity index (χ0n) is 18.2. The van der Waals surface area contributed by atoms with Crippen LogP contribution in [0.2, 0.25) is 0 Å². The number of amides is 3. The van der Waals surface area contributed by atoms with Crippen LogP contribution < -0.4 is 26.2 Å². The minimum Gasteiger partial charge on any atom is -0.491 e. The lowest BCUT2D eigenvalue weighted by atomic mass is 10.2. The maximum absolute atomic E-state index is 12.3. The third-order valence-electron chi connectivity index (χ3n) is 4.70. The van der Waals surface area contributed by atoms with Gasteiger partial charge in [0.2, 0.25) is 5.91 Å². The van der Waals surface area contributed by atoms with Crippen LogP contribution in [0, 0.1) is 5.92 Å². The molecule has 0 atom stereocenters. The summed E-state index contributed by atoms with van der Waals surface area (Å²) in [5.41, 5.74) is 6.29. The monoisotopic (exact) mass is 470 g/mol. The fraction of sp³-hybridized carbons (Fsp3) is 0.304. The van der Waals surface area contributed by atoms with Gasteiger partial charge in [-0.2, -0.15) is 0 Å². The number of hydrogen-bond donors (Lipinski definition) is 4. The number of carbonyl (C=O) groups excluding carboxylic acids is 3. The van der Waals surface area contributed by atoms with Crippen LogP contribution in [0.15, 0.2) is 48.5 Å². The topological polar surface area (TPSA) is 118 Å². The number of anilines is 1. The molecule has 174 valence electrons. The molecular formula is C23H26N4O5S. The summed E-state index contributed by atoms with van der Waals surface area (Å²) in [6.07, 6.45) is 1.84. The Bertz CT molecular complexity index is 991. The molecule has 3 rings (SSSR count). The second kappa shape index (κ2) is 11.9. The van der Waals surface area contributed by atoms with Crippen LogP contribution in [0.4, 0.5) is 5.69 Å². The van der Waals surface area contributed by atoms with Gasteiger partial charge in [-0.1, -0.05) is 0 Å². The van der Waals surface area contributed by atoms with E-state index in [4.69, 9.17) is 21.7 Å². The summed E-state index contributed by atoms with van der Waals surface area (Å²) >= 11 is 5.06. The second-order valence-corrected chi connectivity index (χ2v) is 7.68. The highest BCUT2D eigenvalue weighted by Crippen LogP contribution is 2.30. The Hall–Kier alpha value is -3.50. The predicted molar refractivity (Wildman–Crippen MR) is 127 cm³/mol. The highest BCUT2D eigenvalue weighted by Gasteiger charge is 2.29. The maximum Gasteiger partial charge on any atom is 0.269 e. The quantitative estimate of drug-likeness (QED) is 0.253. The van der Waals surface area contributed by atoms with E-state index in [1.165, 1.54) is 0 Å². The molecule has 33 heavy (non-hydrogen) atoms. The smallest absolute Gasteiger partial charge is 0.269 e. The van der Waals surface area contributed by atoms with Gasteiger partial charge in [-0.25, -0.2) is 0 Å². The largest absolute Gasteiger partial charge is 0.491 e. The molecule has 0 radical (unpaired) electrons. The van der Waals surface area contributed by atoms with Gasteiger partial charge in [0.05, 0.1) is 6.61 Å². The number of hydrazine groups is 1. The molecule has 0 unspecified atom stereocenters. The molecule has 1 aliphatic rings. The van der Waals surface area contributed by atoms with Gasteiger partial charge in [-0.05, 0) is 80.5 Å². The van der Waals surface area contributed by atoms with Gasteiger partial charge in [-0.15, -0.1) is 0 Å². The molecule has 1 fully saturated rings. The molecule has 1 saturated carbocycles. The molecular weight excluding hydrogens is 444 g/mol. The van der Waals surface area contributed by atoms with E-state index < -0.39 is 11.8 Å². The molecule has 0 aliphatic heterocycles. The Balaban J connectivity index is 1.40. The SMILES string of the molecule is CCOCCOc1ccc(C(=O)NC(=S)NNC(=O)c2ccc(NC(=O)C3CC3)cc2)cc1. The van der Waals surface area contributed by atoms with Crippen molar-refractivity contribution in [2.24, 2.45) is 5.92 Å². The highest BCUT2D eigenvalue weighted by atomic mass is 32.1. The molecule has 2 aromatic carbocycles. The van der Waals surface area contributed by atoms with E-state index in [1.807, 2.05) is 6.92 Å². The van der Waals surface area contributed by atoms with Crippen molar-refractivity contribution >= 4 is 40.7 Å². The maximum atomic E-state index is 12.3. The van der Waals surface area contributed by atoms with Crippen LogP contribution in [-0.4, -0.2) is 42.7 Å². The molecule has 1 aliphatic carbocycles. The normalized spacial score (nSPS) is 12.4. The van der Waals surface area contributed by atoms with Crippen molar-refractivity contribution in [2.75, 3.05) is 25.1 Å². The van der Waals surface area contributed by atoms with E-state index >= 15 is 0 Å². The minimum absolute atomic E-state index is 0.00121. The van der Waals surface area contributed by atoms with Crippen molar-refractivity contribution in [3.63, 3.8) is 0 Å². The van der Waals surface area contributed by atoms with Crippen LogP contribution in [0.5, 0.6) is 5.75 Å². The van der Waals surface area contributed by atoms with E-state index in [-0.39, 0.29) is 16.9 Å². The molecule has 0 saturated heterocycles. The molecule has 0 bridgehead atoms. The van der Waals surface area contributed by atoms with Gasteiger partial charge in [0, 0.05) is 29.3 Å². The first-order valence-electron chi connectivity index (χ1n) is 10.6. The van der Waals surface area contributed by atoms with Crippen LogP contribution in [-0.2, 0) is 9.53 Å². The Morgan fingerprint density at radius 1 is 0.909 bits per heavy atom. The number of thiocarbonyl (C=S) groups is 1. The van der Waals surface area contributed by atoms with Crippen molar-refractivity contribution in [3.8, 4) is 5.75 Å². The van der Waals surface area contributed by atoms with Crippen LogP contribution in [0.3, 0.4) is 0 Å². The fourth-order valence-corrected chi connectivity index (χ4v) is 2.90. The summed E-state index contributed by atoms with van der Waals surface area (Å²) < 4.78 is 10.7. The highest BCUT2D eigenvalue weighted by molar-refractivity contribution is 7.80. The predicted octanol–water partition coefficient (Wildman–Crippen LogP) is 2.40. The molecule has 10 heteroatoms. The first kappa shape index (κ1) is 24.1. The summed E-state index contributed by atoms with van der Waals surface area (Å²) in [6, 6.07) is 13.0. The molecule has 0 aromatic heterocycles. The number of benzene rings is 2. The van der Waals surface area contributed by atoms with Crippen LogP contribution >= 0.6 is 12.2 Å². The van der Waals surface area contributed by atoms with Gasteiger partial charge in [0.25, 0.3) is 11.8 Å². The molecule has 2 aromatic rings. The molecule has 4 N–H and O–H groups in total. The van der Waals surface area contributed by atoms with Crippen molar-refractivity contribution in [1.29, 1.82) is 0 Å². The van der Waals surface area contributed by atoms with Crippen molar-refractivity contribution in [1.82, 2.24) is 16.2 Å². The summed E-state index contributed by atoms with van der Waals surface area (Å²) in [7, 11) is 0. The molecule has 3 amide bonds. The zero-order chi connectivity index (χ0) is 23.6. The molecule has 0 heterocycles. The van der Waals surface area contributed by atoms with E-state index in [9.17, 15) is 14.4 Å². The summed E-state index contributed by atoms with van der Waals surface area (Å²) in [5, 5.41) is 5.24. The van der Waals surface area contributed by atoms with E-state index in [2.05, 4.69) is 21.5 Å². The Kier molecular flexibility index (Phi) is 8.73. The molecule has 0 spiro atoms. The van der Waals surface area contributed by atoms with Crippen LogP contribution in [0.1, 0.15) is 40.5 Å². The average Bonchev–Trinajstić information content (AvgIpc) is 3.67. The van der Waals surface area contributed by atoms with Gasteiger partial charge >= 0.3 is 0 Å². The van der Waals surface area contributed by atoms with E-state index in [0.717, 1.165) is 12.8 Å². The van der Waals surface area contributed by atoms with Crippen molar-refractivity contribution < 1.29 is 23.9 Å². The summed E-state index contributed by atoms with van der Waals surface area (Å²) in [4.78, 5) is 36.4. The number of hydrogen-bond acceptors (Lipinski definition) is 6. The Labute approximate surface area is 197 Å². The third-order valence-corrected chi connectivity index (χ3v) is 4.90. The number of nitrogens with one attached hydrogen (secondary N) is 4. The van der Waals surface area contributed by atoms with E-state index in [1.54, 1.807) is 48.5 Å². The number of rotatable bonds is 9. The second-order valence-electron chi connectivity index (χ2n) is 7.27. The number of ether oxygens (including phenoxy) is 2. The molecule has 9 nitrogen and oxygen atoms in total. The van der Waals surface area contributed by atoms with Crippen molar-refractivity contribution in [3.05, 3.63) is 59.7 Å². The minimum atomic E-state index is -0.444. The van der Waals surface area contributed by atoms with Gasteiger partial charge in [0.1, 0.15) is 12.4 Å². The lowest BCUT2D eigenvalue weighted by molar-refractivity contribution is -0.117. The third kappa shape index (κ3) is 7.85. The summed E-state index contributed by atoms with van der Waals surface area (Å²) in [5.74, 6) is -0.153. The lowest BCUT2D eigenvalue weighted by Gasteiger charge is -2.12. The fourth-order valence-electron chi connectivity index (χ4n) is 2.75. The number of carbonyl (C=O) groups is 3. The average molecular weight is 471 g/mol. The van der Waals surface area contributed by atoms with Gasteiger partial charge < -0.3 is 14.8 Å². The van der Waals surface area contributed by atoms with Crippen LogP contribution in [0.25, 0.3) is 0 Å². The lowest BCUT2D eigenvalue weighted by Crippen LogP contribution is -2.48. The summed E-state index contributed by atoms with van der Waals surface area (Å²) in [6.45, 7) is 3.45. The first-order chi connectivity index (χ1) is 16.0. The Morgan fingerprint density at radius 2 is 1.55 bits per heavy atom. The Morgan fingerprint density at radius 3 is 2.18 bits per heavy atom. The van der Waals surface area contributed by atoms with Gasteiger partial charge in [-0.3, -0.25) is 30.6 Å². The zero-order valence-corrected chi connectivity index (χ0v) is 19.0. The standard InChI is InChI=1S/C23H26N4O5S/c1-2-31-13-14-32-19-11-7-16(8-12-19)21(29)25-23(33)27-26-22(30)17-5-9-18(10-6-17)24-20(28)15-3-4-15/h5-12,15H,2-4,13-14H2,1H3,(H,24,28)(H,26,30)(H2,25,27,29,33). The van der Waals surface area contributed by atoms with E-state index in [0.29, 0.717) is 42.4 Å².